The molecule has 1 unspecified atom stereocenters. The average Bonchev–Trinajstić information content (AvgIpc) is 2.53. The molecule has 0 spiro atoms. The third kappa shape index (κ3) is 3.36. The fourth-order valence-corrected chi connectivity index (χ4v) is 2.32. The van der Waals surface area contributed by atoms with Crippen molar-refractivity contribution in [1.82, 2.24) is 0 Å². The molecule has 0 aliphatic carbocycles. The van der Waals surface area contributed by atoms with Gasteiger partial charge in [0.25, 0.3) is 0 Å². The number of hydrogen-bond acceptors (Lipinski definition) is 3. The van der Waals surface area contributed by atoms with Gasteiger partial charge in [0.15, 0.2) is 0 Å². The summed E-state index contributed by atoms with van der Waals surface area (Å²) in [7, 11) is 2.97. The Morgan fingerprint density at radius 3 is 2.50 bits per heavy atom. The molecule has 0 heterocycles. The van der Waals surface area contributed by atoms with Crippen LogP contribution in [-0.2, 0) is 11.2 Å². The van der Waals surface area contributed by atoms with Crippen molar-refractivity contribution in [3.05, 3.63) is 59.4 Å². The maximum absolute atomic E-state index is 13.8. The molecule has 0 aliphatic heterocycles. The molecule has 0 fully saturated rings. The molecule has 1 atom stereocenters. The molecular weight excluding hydrogens is 287 g/mol. The maximum atomic E-state index is 13.8. The van der Waals surface area contributed by atoms with E-state index in [2.05, 4.69) is 0 Å². The number of methoxy groups -OCH3 is 2. The van der Waals surface area contributed by atoms with Crippen LogP contribution in [0.5, 0.6) is 11.5 Å². The van der Waals surface area contributed by atoms with E-state index in [4.69, 9.17) is 9.47 Å². The Bertz CT molecular complexity index is 669. The van der Waals surface area contributed by atoms with Crippen LogP contribution in [-0.4, -0.2) is 25.3 Å². The number of carbonyl (C=O) groups is 1. The summed E-state index contributed by atoms with van der Waals surface area (Å²) in [5.41, 5.74) is 0.840. The molecule has 2 aromatic carbocycles. The van der Waals surface area contributed by atoms with Crippen LogP contribution in [0.15, 0.2) is 42.5 Å². The van der Waals surface area contributed by atoms with Gasteiger partial charge < -0.3 is 14.6 Å². The van der Waals surface area contributed by atoms with Gasteiger partial charge in [0.05, 0.1) is 20.1 Å². The minimum atomic E-state index is -1.04. The van der Waals surface area contributed by atoms with Crippen molar-refractivity contribution in [2.75, 3.05) is 14.2 Å². The highest BCUT2D eigenvalue weighted by Crippen LogP contribution is 2.33. The van der Waals surface area contributed by atoms with E-state index in [1.807, 2.05) is 0 Å². The first-order chi connectivity index (χ1) is 10.6. The van der Waals surface area contributed by atoms with E-state index in [9.17, 15) is 14.3 Å². The summed E-state index contributed by atoms with van der Waals surface area (Å²) in [4.78, 5) is 11.6. The predicted molar refractivity (Wildman–Crippen MR) is 80.0 cm³/mol. The summed E-state index contributed by atoms with van der Waals surface area (Å²) in [6.07, 6.45) is 0.0463. The summed E-state index contributed by atoms with van der Waals surface area (Å²) in [5.74, 6) is -1.38. The van der Waals surface area contributed by atoms with Gasteiger partial charge in [-0.05, 0) is 24.1 Å². The number of ether oxygens (including phenoxy) is 2. The first-order valence-electron chi connectivity index (χ1n) is 6.75. The Labute approximate surface area is 128 Å². The molecule has 22 heavy (non-hydrogen) atoms. The topological polar surface area (TPSA) is 55.8 Å². The SMILES string of the molecule is COc1ccc(C(Cc2ccccc2F)C(=O)O)c(OC)c1. The number of halogens is 1. The molecule has 0 bridgehead atoms. The molecular formula is C17H17FO4. The van der Waals surface area contributed by atoms with Gasteiger partial charge in [0.2, 0.25) is 0 Å². The lowest BCUT2D eigenvalue weighted by atomic mass is 9.91. The number of carboxylic acid groups (broad SMARTS) is 1. The van der Waals surface area contributed by atoms with Gasteiger partial charge in [-0.2, -0.15) is 0 Å². The van der Waals surface area contributed by atoms with Gasteiger partial charge in [0.1, 0.15) is 17.3 Å². The highest BCUT2D eigenvalue weighted by molar-refractivity contribution is 5.78. The first-order valence-corrected chi connectivity index (χ1v) is 6.75. The average molecular weight is 304 g/mol. The van der Waals surface area contributed by atoms with Crippen molar-refractivity contribution in [2.24, 2.45) is 0 Å². The molecule has 0 radical (unpaired) electrons. The Hall–Kier alpha value is -2.56. The van der Waals surface area contributed by atoms with Crippen LogP contribution in [0.2, 0.25) is 0 Å². The number of rotatable bonds is 6. The first kappa shape index (κ1) is 15.8. The third-order valence-electron chi connectivity index (χ3n) is 3.50. The zero-order valence-electron chi connectivity index (χ0n) is 12.4. The van der Waals surface area contributed by atoms with E-state index in [0.717, 1.165) is 0 Å². The van der Waals surface area contributed by atoms with Crippen molar-refractivity contribution < 1.29 is 23.8 Å². The molecule has 2 rings (SSSR count). The Morgan fingerprint density at radius 1 is 1.18 bits per heavy atom. The lowest BCUT2D eigenvalue weighted by Gasteiger charge is -2.17. The molecule has 0 saturated carbocycles. The second-order valence-electron chi connectivity index (χ2n) is 4.79. The third-order valence-corrected chi connectivity index (χ3v) is 3.50. The standard InChI is InChI=1S/C17H17FO4/c1-21-12-7-8-13(16(10-12)22-2)14(17(19)20)9-11-5-3-4-6-15(11)18/h3-8,10,14H,9H2,1-2H3,(H,19,20). The van der Waals surface area contributed by atoms with E-state index in [-0.39, 0.29) is 6.42 Å². The van der Waals surface area contributed by atoms with E-state index in [1.165, 1.54) is 20.3 Å². The van der Waals surface area contributed by atoms with Gasteiger partial charge >= 0.3 is 5.97 Å². The summed E-state index contributed by atoms with van der Waals surface area (Å²) >= 11 is 0. The monoisotopic (exact) mass is 304 g/mol. The number of aliphatic carboxylic acids is 1. The molecule has 5 heteroatoms. The minimum absolute atomic E-state index is 0.0463. The van der Waals surface area contributed by atoms with Crippen LogP contribution in [0.25, 0.3) is 0 Å². The predicted octanol–water partition coefficient (Wildman–Crippen LogP) is 3.25. The van der Waals surface area contributed by atoms with Gasteiger partial charge in [0, 0.05) is 11.6 Å². The van der Waals surface area contributed by atoms with Crippen LogP contribution >= 0.6 is 0 Å². The second kappa shape index (κ2) is 6.93. The lowest BCUT2D eigenvalue weighted by molar-refractivity contribution is -0.138. The van der Waals surface area contributed by atoms with Crippen LogP contribution in [0, 0.1) is 5.82 Å². The quantitative estimate of drug-likeness (QED) is 0.890. The summed E-state index contributed by atoms with van der Waals surface area (Å²) in [6.45, 7) is 0. The van der Waals surface area contributed by atoms with E-state index in [0.29, 0.717) is 22.6 Å². The molecule has 2 aromatic rings. The van der Waals surface area contributed by atoms with Crippen LogP contribution in [0.1, 0.15) is 17.0 Å². The van der Waals surface area contributed by atoms with Gasteiger partial charge in [-0.15, -0.1) is 0 Å². The van der Waals surface area contributed by atoms with Gasteiger partial charge in [-0.3, -0.25) is 4.79 Å². The summed E-state index contributed by atoms with van der Waals surface area (Å²) in [5, 5.41) is 9.52. The lowest BCUT2D eigenvalue weighted by Crippen LogP contribution is -2.16. The minimum Gasteiger partial charge on any atom is -0.497 e. The smallest absolute Gasteiger partial charge is 0.311 e. The van der Waals surface area contributed by atoms with Crippen LogP contribution < -0.4 is 9.47 Å². The van der Waals surface area contributed by atoms with Crippen molar-refractivity contribution in [2.45, 2.75) is 12.3 Å². The Morgan fingerprint density at radius 2 is 1.91 bits per heavy atom. The molecule has 0 aliphatic rings. The zero-order valence-corrected chi connectivity index (χ0v) is 12.4. The van der Waals surface area contributed by atoms with Crippen molar-refractivity contribution in [3.8, 4) is 11.5 Å². The van der Waals surface area contributed by atoms with E-state index >= 15 is 0 Å². The highest BCUT2D eigenvalue weighted by Gasteiger charge is 2.25. The van der Waals surface area contributed by atoms with Crippen molar-refractivity contribution in [1.29, 1.82) is 0 Å². The largest absolute Gasteiger partial charge is 0.497 e. The zero-order chi connectivity index (χ0) is 16.1. The fraction of sp³-hybridized carbons (Fsp3) is 0.235. The number of carboxylic acids is 1. The van der Waals surface area contributed by atoms with Crippen molar-refractivity contribution in [3.63, 3.8) is 0 Å². The Balaban J connectivity index is 2.40. The maximum Gasteiger partial charge on any atom is 0.311 e. The number of benzene rings is 2. The van der Waals surface area contributed by atoms with E-state index < -0.39 is 17.7 Å². The van der Waals surface area contributed by atoms with Gasteiger partial charge in [-0.1, -0.05) is 24.3 Å². The molecule has 0 saturated heterocycles. The highest BCUT2D eigenvalue weighted by atomic mass is 19.1. The second-order valence-corrected chi connectivity index (χ2v) is 4.79. The van der Waals surface area contributed by atoms with Gasteiger partial charge in [-0.25, -0.2) is 4.39 Å². The molecule has 116 valence electrons. The van der Waals surface area contributed by atoms with Crippen molar-refractivity contribution >= 4 is 5.97 Å². The normalized spacial score (nSPS) is 11.8. The summed E-state index contributed by atoms with van der Waals surface area (Å²) in [6, 6.07) is 11.1. The molecule has 0 aromatic heterocycles. The fourth-order valence-electron chi connectivity index (χ4n) is 2.32. The van der Waals surface area contributed by atoms with Crippen LogP contribution in [0.4, 0.5) is 4.39 Å². The number of hydrogen-bond donors (Lipinski definition) is 1. The van der Waals surface area contributed by atoms with E-state index in [1.54, 1.807) is 36.4 Å². The molecule has 1 N–H and O–H groups in total. The molecule has 4 nitrogen and oxygen atoms in total. The molecule has 0 amide bonds. The van der Waals surface area contributed by atoms with Crippen LogP contribution in [0.3, 0.4) is 0 Å². The summed E-state index contributed by atoms with van der Waals surface area (Å²) < 4.78 is 24.1. The Kier molecular flexibility index (Phi) is 4.99.